The first kappa shape index (κ1) is 13.6. The summed E-state index contributed by atoms with van der Waals surface area (Å²) in [7, 11) is 0. The van der Waals surface area contributed by atoms with Crippen molar-refractivity contribution in [2.75, 3.05) is 0 Å². The molecule has 102 valence electrons. The van der Waals surface area contributed by atoms with Gasteiger partial charge in [-0.3, -0.25) is 4.79 Å². The van der Waals surface area contributed by atoms with Crippen LogP contribution in [-0.2, 0) is 17.8 Å². The number of para-hydroxylation sites is 2. The fraction of sp³-hybridized carbons (Fsp3) is 0.467. The molecule has 2 rings (SSSR count). The molecule has 1 aromatic heterocycles. The van der Waals surface area contributed by atoms with Gasteiger partial charge in [0.15, 0.2) is 0 Å². The Labute approximate surface area is 113 Å². The average molecular weight is 260 g/mol. The van der Waals surface area contributed by atoms with E-state index < -0.39 is 11.4 Å². The van der Waals surface area contributed by atoms with Gasteiger partial charge in [0.25, 0.3) is 0 Å². The maximum Gasteiger partial charge on any atom is 0.310 e. The van der Waals surface area contributed by atoms with E-state index in [2.05, 4.69) is 11.9 Å². The van der Waals surface area contributed by atoms with Gasteiger partial charge in [-0.15, -0.1) is 0 Å². The molecule has 0 aliphatic rings. The van der Waals surface area contributed by atoms with Crippen LogP contribution in [0.4, 0.5) is 0 Å². The quantitative estimate of drug-likeness (QED) is 0.898. The summed E-state index contributed by atoms with van der Waals surface area (Å²) < 4.78 is 2.05. The Morgan fingerprint density at radius 3 is 2.68 bits per heavy atom. The molecule has 4 nitrogen and oxygen atoms in total. The van der Waals surface area contributed by atoms with Crippen molar-refractivity contribution in [3.63, 3.8) is 0 Å². The van der Waals surface area contributed by atoms with Crippen LogP contribution in [0.1, 0.15) is 33.0 Å². The van der Waals surface area contributed by atoms with Crippen LogP contribution < -0.4 is 0 Å². The highest BCUT2D eigenvalue weighted by atomic mass is 16.4. The van der Waals surface area contributed by atoms with Gasteiger partial charge in [0.1, 0.15) is 5.82 Å². The van der Waals surface area contributed by atoms with Crippen LogP contribution in [0.5, 0.6) is 0 Å². The summed E-state index contributed by atoms with van der Waals surface area (Å²) in [5, 5.41) is 9.30. The number of hydrogen-bond acceptors (Lipinski definition) is 2. The number of rotatable bonds is 5. The number of carbonyl (C=O) groups is 1. The lowest BCUT2D eigenvalue weighted by molar-refractivity contribution is -0.147. The van der Waals surface area contributed by atoms with E-state index in [1.807, 2.05) is 28.8 Å². The number of nitrogens with zero attached hydrogens (tertiary/aromatic N) is 2. The molecule has 0 atom stereocenters. The van der Waals surface area contributed by atoms with Crippen molar-refractivity contribution in [2.24, 2.45) is 5.41 Å². The Kier molecular flexibility index (Phi) is 3.60. The third-order valence-electron chi connectivity index (χ3n) is 3.34. The number of fused-ring (bicyclic) bond motifs is 1. The lowest BCUT2D eigenvalue weighted by Crippen LogP contribution is -2.29. The number of carboxylic acids is 1. The van der Waals surface area contributed by atoms with E-state index in [9.17, 15) is 9.90 Å². The highest BCUT2D eigenvalue weighted by molar-refractivity contribution is 5.77. The van der Waals surface area contributed by atoms with Crippen molar-refractivity contribution in [1.82, 2.24) is 9.55 Å². The van der Waals surface area contributed by atoms with Crippen LogP contribution in [0.3, 0.4) is 0 Å². The fourth-order valence-corrected chi connectivity index (χ4v) is 2.18. The molecule has 1 heterocycles. The molecule has 1 aromatic carbocycles. The Bertz CT molecular complexity index is 599. The van der Waals surface area contributed by atoms with Crippen LogP contribution in [0.2, 0.25) is 0 Å². The molecular weight excluding hydrogens is 240 g/mol. The predicted octanol–water partition coefficient (Wildman–Crippen LogP) is 3.10. The second-order valence-electron chi connectivity index (χ2n) is 5.54. The molecule has 0 bridgehead atoms. The van der Waals surface area contributed by atoms with Gasteiger partial charge in [0, 0.05) is 13.0 Å². The van der Waals surface area contributed by atoms with Crippen molar-refractivity contribution in [2.45, 2.75) is 40.2 Å². The highest BCUT2D eigenvalue weighted by Gasteiger charge is 2.29. The number of imidazole rings is 1. The van der Waals surface area contributed by atoms with Gasteiger partial charge in [-0.05, 0) is 32.4 Å². The molecule has 2 aromatic rings. The van der Waals surface area contributed by atoms with E-state index in [4.69, 9.17) is 0 Å². The summed E-state index contributed by atoms with van der Waals surface area (Å²) in [6.45, 7) is 6.05. The zero-order valence-electron chi connectivity index (χ0n) is 11.7. The standard InChI is InChI=1S/C15H20N2O2/c1-4-7-13-16-11-8-5-6-9-12(11)17(13)10-15(2,3)14(18)19/h5-6,8-9H,4,7,10H2,1-3H3,(H,18,19). The summed E-state index contributed by atoms with van der Waals surface area (Å²) >= 11 is 0. The zero-order chi connectivity index (χ0) is 14.0. The van der Waals surface area contributed by atoms with Crippen molar-refractivity contribution in [1.29, 1.82) is 0 Å². The van der Waals surface area contributed by atoms with Crippen LogP contribution in [-0.4, -0.2) is 20.6 Å². The second kappa shape index (κ2) is 5.03. The highest BCUT2D eigenvalue weighted by Crippen LogP contribution is 2.24. The SMILES string of the molecule is CCCc1nc2ccccc2n1CC(C)(C)C(=O)O. The largest absolute Gasteiger partial charge is 0.481 e. The van der Waals surface area contributed by atoms with E-state index in [1.54, 1.807) is 13.8 Å². The Morgan fingerprint density at radius 1 is 1.37 bits per heavy atom. The second-order valence-corrected chi connectivity index (χ2v) is 5.54. The first-order valence-corrected chi connectivity index (χ1v) is 6.63. The third kappa shape index (κ3) is 2.62. The molecule has 0 saturated heterocycles. The Hall–Kier alpha value is -1.84. The van der Waals surface area contributed by atoms with Gasteiger partial charge < -0.3 is 9.67 Å². The number of aliphatic carboxylic acids is 1. The molecule has 1 N–H and O–H groups in total. The van der Waals surface area contributed by atoms with Gasteiger partial charge in [0.2, 0.25) is 0 Å². The summed E-state index contributed by atoms with van der Waals surface area (Å²) in [5.41, 5.74) is 1.15. The van der Waals surface area contributed by atoms with E-state index in [0.717, 1.165) is 29.7 Å². The lowest BCUT2D eigenvalue weighted by Gasteiger charge is -2.21. The van der Waals surface area contributed by atoms with Gasteiger partial charge >= 0.3 is 5.97 Å². The van der Waals surface area contributed by atoms with Crippen molar-refractivity contribution >= 4 is 17.0 Å². The van der Waals surface area contributed by atoms with Gasteiger partial charge in [-0.25, -0.2) is 4.98 Å². The van der Waals surface area contributed by atoms with Crippen molar-refractivity contribution in [3.8, 4) is 0 Å². The molecule has 0 aliphatic carbocycles. The molecular formula is C15H20N2O2. The maximum atomic E-state index is 11.3. The number of aromatic nitrogens is 2. The van der Waals surface area contributed by atoms with Crippen molar-refractivity contribution < 1.29 is 9.90 Å². The molecule has 0 aliphatic heterocycles. The summed E-state index contributed by atoms with van der Waals surface area (Å²) in [5.74, 6) is 0.186. The number of aryl methyl sites for hydroxylation is 1. The predicted molar refractivity (Wildman–Crippen MR) is 75.1 cm³/mol. The minimum Gasteiger partial charge on any atom is -0.481 e. The van der Waals surface area contributed by atoms with E-state index in [0.29, 0.717) is 6.54 Å². The van der Waals surface area contributed by atoms with E-state index >= 15 is 0 Å². The number of carboxylic acid groups (broad SMARTS) is 1. The molecule has 19 heavy (non-hydrogen) atoms. The molecule has 0 spiro atoms. The van der Waals surface area contributed by atoms with Crippen LogP contribution >= 0.6 is 0 Å². The van der Waals surface area contributed by atoms with Crippen LogP contribution in [0.25, 0.3) is 11.0 Å². The molecule has 0 unspecified atom stereocenters. The van der Waals surface area contributed by atoms with E-state index in [1.165, 1.54) is 0 Å². The summed E-state index contributed by atoms with van der Waals surface area (Å²) in [6.07, 6.45) is 1.86. The lowest BCUT2D eigenvalue weighted by atomic mass is 9.93. The molecule has 0 amide bonds. The molecule has 4 heteroatoms. The third-order valence-corrected chi connectivity index (χ3v) is 3.34. The summed E-state index contributed by atoms with van der Waals surface area (Å²) in [4.78, 5) is 15.9. The maximum absolute atomic E-state index is 11.3. The van der Waals surface area contributed by atoms with E-state index in [-0.39, 0.29) is 0 Å². The average Bonchev–Trinajstić information content (AvgIpc) is 2.68. The topological polar surface area (TPSA) is 55.1 Å². The zero-order valence-corrected chi connectivity index (χ0v) is 11.7. The Morgan fingerprint density at radius 2 is 2.05 bits per heavy atom. The van der Waals surface area contributed by atoms with Gasteiger partial charge in [-0.2, -0.15) is 0 Å². The first-order valence-electron chi connectivity index (χ1n) is 6.63. The van der Waals surface area contributed by atoms with Crippen LogP contribution in [0.15, 0.2) is 24.3 Å². The normalized spacial score (nSPS) is 11.9. The Balaban J connectivity index is 2.50. The minimum atomic E-state index is -0.800. The van der Waals surface area contributed by atoms with Gasteiger partial charge in [0.05, 0.1) is 16.4 Å². The molecule has 0 radical (unpaired) electrons. The first-order chi connectivity index (χ1) is 8.95. The van der Waals surface area contributed by atoms with Crippen LogP contribution in [0, 0.1) is 5.41 Å². The smallest absolute Gasteiger partial charge is 0.310 e. The monoisotopic (exact) mass is 260 g/mol. The van der Waals surface area contributed by atoms with Gasteiger partial charge in [-0.1, -0.05) is 19.1 Å². The minimum absolute atomic E-state index is 0.443. The summed E-state index contributed by atoms with van der Waals surface area (Å²) in [6, 6.07) is 7.89. The number of hydrogen-bond donors (Lipinski definition) is 1. The fourth-order valence-electron chi connectivity index (χ4n) is 2.18. The van der Waals surface area contributed by atoms with Crippen molar-refractivity contribution in [3.05, 3.63) is 30.1 Å². The molecule has 0 saturated carbocycles. The number of benzene rings is 1. The molecule has 0 fully saturated rings.